The molecular formula is C21H19F3N2O3S. The standard InChI is InChI=1S/C21H19F3N2O3S/c1-4-15(19(28)29-3)26-16-10-9-14(21(22,23)24)11-17(16)30-20(26)25-18(27)13-7-5-12(2)6-8-13/h5-11,15H,4H2,1-3H3. The number of benzene rings is 2. The Kier molecular flexibility index (Phi) is 6.12. The molecule has 0 aliphatic rings. The van der Waals surface area contributed by atoms with Crippen LogP contribution in [0.5, 0.6) is 0 Å². The average molecular weight is 436 g/mol. The minimum absolute atomic E-state index is 0.132. The lowest BCUT2D eigenvalue weighted by Gasteiger charge is -2.16. The molecule has 0 aliphatic heterocycles. The molecule has 158 valence electrons. The Bertz CT molecular complexity index is 1160. The molecule has 0 saturated heterocycles. The number of aromatic nitrogens is 1. The third-order valence-corrected chi connectivity index (χ3v) is 5.64. The van der Waals surface area contributed by atoms with Crippen LogP contribution in [-0.2, 0) is 15.7 Å². The van der Waals surface area contributed by atoms with Gasteiger partial charge in [0.1, 0.15) is 6.04 Å². The molecule has 5 nitrogen and oxygen atoms in total. The number of halogens is 3. The van der Waals surface area contributed by atoms with E-state index in [0.717, 1.165) is 29.0 Å². The van der Waals surface area contributed by atoms with E-state index in [1.54, 1.807) is 31.2 Å². The number of aryl methyl sites for hydroxylation is 1. The smallest absolute Gasteiger partial charge is 0.416 e. The number of esters is 1. The van der Waals surface area contributed by atoms with E-state index in [-0.39, 0.29) is 9.50 Å². The van der Waals surface area contributed by atoms with Crippen LogP contribution in [0.15, 0.2) is 47.5 Å². The van der Waals surface area contributed by atoms with Crippen LogP contribution in [0.1, 0.15) is 40.9 Å². The molecule has 1 atom stereocenters. The average Bonchev–Trinajstić information content (AvgIpc) is 3.05. The lowest BCUT2D eigenvalue weighted by atomic mass is 10.1. The van der Waals surface area contributed by atoms with Crippen LogP contribution in [0.4, 0.5) is 13.2 Å². The minimum atomic E-state index is -4.51. The van der Waals surface area contributed by atoms with Gasteiger partial charge in [-0.1, -0.05) is 36.0 Å². The Hall–Kier alpha value is -2.94. The zero-order valence-electron chi connectivity index (χ0n) is 16.5. The van der Waals surface area contributed by atoms with Gasteiger partial charge in [-0.25, -0.2) is 4.79 Å². The first-order valence-corrected chi connectivity index (χ1v) is 9.93. The van der Waals surface area contributed by atoms with Crippen LogP contribution in [-0.4, -0.2) is 23.6 Å². The van der Waals surface area contributed by atoms with Crippen molar-refractivity contribution in [1.29, 1.82) is 0 Å². The highest BCUT2D eigenvalue weighted by atomic mass is 32.1. The van der Waals surface area contributed by atoms with E-state index in [2.05, 4.69) is 4.99 Å². The van der Waals surface area contributed by atoms with E-state index in [1.165, 1.54) is 17.7 Å². The summed E-state index contributed by atoms with van der Waals surface area (Å²) < 4.78 is 46.0. The first-order valence-electron chi connectivity index (χ1n) is 9.11. The molecule has 0 aliphatic carbocycles. The van der Waals surface area contributed by atoms with Crippen molar-refractivity contribution in [3.63, 3.8) is 0 Å². The largest absolute Gasteiger partial charge is 0.467 e. The number of fused-ring (bicyclic) bond motifs is 1. The van der Waals surface area contributed by atoms with Gasteiger partial charge in [0.2, 0.25) is 0 Å². The normalized spacial score (nSPS) is 13.5. The van der Waals surface area contributed by atoms with Gasteiger partial charge in [-0.2, -0.15) is 18.2 Å². The second-order valence-corrected chi connectivity index (χ2v) is 7.67. The fraction of sp³-hybridized carbons (Fsp3) is 0.286. The number of thiazole rings is 1. The van der Waals surface area contributed by atoms with Gasteiger partial charge in [0.05, 0.1) is 22.9 Å². The van der Waals surface area contributed by atoms with Crippen molar-refractivity contribution in [2.45, 2.75) is 32.5 Å². The van der Waals surface area contributed by atoms with Gasteiger partial charge in [-0.05, 0) is 43.7 Å². The molecule has 1 unspecified atom stereocenters. The van der Waals surface area contributed by atoms with Crippen LogP contribution in [0.25, 0.3) is 10.2 Å². The van der Waals surface area contributed by atoms with Gasteiger partial charge in [-0.15, -0.1) is 0 Å². The predicted molar refractivity (Wildman–Crippen MR) is 107 cm³/mol. The summed E-state index contributed by atoms with van der Waals surface area (Å²) in [6, 6.07) is 9.18. The number of ether oxygens (including phenoxy) is 1. The molecule has 9 heteroatoms. The van der Waals surface area contributed by atoms with E-state index >= 15 is 0 Å². The third-order valence-electron chi connectivity index (χ3n) is 4.62. The number of alkyl halides is 3. The highest BCUT2D eigenvalue weighted by molar-refractivity contribution is 7.16. The minimum Gasteiger partial charge on any atom is -0.467 e. The van der Waals surface area contributed by atoms with Crippen molar-refractivity contribution in [3.05, 3.63) is 64.0 Å². The fourth-order valence-corrected chi connectivity index (χ4v) is 4.14. The molecule has 2 aromatic carbocycles. The first-order chi connectivity index (χ1) is 14.2. The van der Waals surface area contributed by atoms with Crippen molar-refractivity contribution in [2.75, 3.05) is 7.11 Å². The topological polar surface area (TPSA) is 60.7 Å². The number of hydrogen-bond acceptors (Lipinski definition) is 4. The second kappa shape index (κ2) is 8.43. The number of carbonyl (C=O) groups is 2. The summed E-state index contributed by atoms with van der Waals surface area (Å²) in [6.45, 7) is 3.62. The van der Waals surface area contributed by atoms with Crippen molar-refractivity contribution < 1.29 is 27.5 Å². The van der Waals surface area contributed by atoms with Gasteiger partial charge in [0, 0.05) is 5.56 Å². The van der Waals surface area contributed by atoms with Crippen LogP contribution in [0, 0.1) is 6.92 Å². The van der Waals surface area contributed by atoms with E-state index in [4.69, 9.17) is 4.74 Å². The molecular weight excluding hydrogens is 417 g/mol. The zero-order valence-corrected chi connectivity index (χ0v) is 17.3. The van der Waals surface area contributed by atoms with Crippen LogP contribution >= 0.6 is 11.3 Å². The fourth-order valence-electron chi connectivity index (χ4n) is 3.04. The molecule has 30 heavy (non-hydrogen) atoms. The first kappa shape index (κ1) is 21.8. The lowest BCUT2D eigenvalue weighted by Crippen LogP contribution is -2.28. The lowest BCUT2D eigenvalue weighted by molar-refractivity contribution is -0.144. The Balaban J connectivity index is 2.24. The molecule has 0 bridgehead atoms. The molecule has 0 N–H and O–H groups in total. The second-order valence-electron chi connectivity index (χ2n) is 6.67. The highest BCUT2D eigenvalue weighted by Crippen LogP contribution is 2.33. The Labute approximate surface area is 174 Å². The van der Waals surface area contributed by atoms with Crippen molar-refractivity contribution in [1.82, 2.24) is 4.57 Å². The Morgan fingerprint density at radius 2 is 1.83 bits per heavy atom. The summed E-state index contributed by atoms with van der Waals surface area (Å²) in [7, 11) is 1.23. The Morgan fingerprint density at radius 1 is 1.17 bits per heavy atom. The van der Waals surface area contributed by atoms with E-state index < -0.39 is 29.7 Å². The molecule has 1 heterocycles. The molecule has 0 saturated carbocycles. The summed E-state index contributed by atoms with van der Waals surface area (Å²) in [6.07, 6.45) is -4.20. The zero-order chi connectivity index (χ0) is 22.1. The van der Waals surface area contributed by atoms with Gasteiger partial charge < -0.3 is 9.30 Å². The SMILES string of the molecule is CCC(C(=O)OC)n1c(=NC(=O)c2ccc(C)cc2)sc2cc(C(F)(F)F)ccc21. The molecule has 1 amide bonds. The Morgan fingerprint density at radius 3 is 2.40 bits per heavy atom. The maximum absolute atomic E-state index is 13.1. The predicted octanol–water partition coefficient (Wildman–Crippen LogP) is 4.90. The summed E-state index contributed by atoms with van der Waals surface area (Å²) in [5, 5.41) is 0. The quantitative estimate of drug-likeness (QED) is 0.547. The number of methoxy groups -OCH3 is 1. The van der Waals surface area contributed by atoms with Gasteiger partial charge in [0.15, 0.2) is 4.80 Å². The van der Waals surface area contributed by atoms with E-state index in [9.17, 15) is 22.8 Å². The summed E-state index contributed by atoms with van der Waals surface area (Å²) in [4.78, 5) is 29.2. The highest BCUT2D eigenvalue weighted by Gasteiger charge is 2.31. The van der Waals surface area contributed by atoms with Crippen LogP contribution < -0.4 is 4.80 Å². The molecule has 3 rings (SSSR count). The van der Waals surface area contributed by atoms with Crippen LogP contribution in [0.2, 0.25) is 0 Å². The number of nitrogens with zero attached hydrogens (tertiary/aromatic N) is 2. The number of carbonyl (C=O) groups excluding carboxylic acids is 2. The van der Waals surface area contributed by atoms with Crippen LogP contribution in [0.3, 0.4) is 0 Å². The maximum atomic E-state index is 13.1. The molecule has 3 aromatic rings. The molecule has 1 aromatic heterocycles. The number of hydrogen-bond donors (Lipinski definition) is 0. The third kappa shape index (κ3) is 4.30. The summed E-state index contributed by atoms with van der Waals surface area (Å²) in [5.41, 5.74) is 0.873. The molecule has 0 radical (unpaired) electrons. The van der Waals surface area contributed by atoms with Crippen molar-refractivity contribution in [3.8, 4) is 0 Å². The van der Waals surface area contributed by atoms with Gasteiger partial charge >= 0.3 is 12.1 Å². The van der Waals surface area contributed by atoms with Crippen molar-refractivity contribution in [2.24, 2.45) is 4.99 Å². The summed E-state index contributed by atoms with van der Waals surface area (Å²) in [5.74, 6) is -1.12. The van der Waals surface area contributed by atoms with Crippen molar-refractivity contribution >= 4 is 33.4 Å². The van der Waals surface area contributed by atoms with Gasteiger partial charge in [0.25, 0.3) is 5.91 Å². The monoisotopic (exact) mass is 436 g/mol. The van der Waals surface area contributed by atoms with Gasteiger partial charge in [-0.3, -0.25) is 4.79 Å². The maximum Gasteiger partial charge on any atom is 0.416 e. The number of rotatable bonds is 4. The molecule has 0 fully saturated rings. The van der Waals surface area contributed by atoms with E-state index in [1.807, 2.05) is 6.92 Å². The molecule has 0 spiro atoms. The summed E-state index contributed by atoms with van der Waals surface area (Å²) >= 11 is 0.920. The van der Waals surface area contributed by atoms with E-state index in [0.29, 0.717) is 17.5 Å². The number of amides is 1.